The maximum Gasteiger partial charge on any atom is 0.164 e. The van der Waals surface area contributed by atoms with Gasteiger partial charge in [-0.1, -0.05) is 42.0 Å². The van der Waals surface area contributed by atoms with Gasteiger partial charge >= 0.3 is 0 Å². The Morgan fingerprint density at radius 1 is 1.10 bits per heavy atom. The molecule has 0 aliphatic heterocycles. The summed E-state index contributed by atoms with van der Waals surface area (Å²) in [7, 11) is 0. The summed E-state index contributed by atoms with van der Waals surface area (Å²) in [6.07, 6.45) is -1.18. The van der Waals surface area contributed by atoms with E-state index >= 15 is 0 Å². The molecule has 0 fully saturated rings. The summed E-state index contributed by atoms with van der Waals surface area (Å²) >= 11 is 0. The average Bonchev–Trinajstić information content (AvgIpc) is 2.44. The molecule has 0 spiro atoms. The highest BCUT2D eigenvalue weighted by Crippen LogP contribution is 2.32. The minimum absolute atomic E-state index is 0.0685. The monoisotopic (exact) mass is 277 g/mol. The quantitative estimate of drug-likeness (QED) is 0.902. The van der Waals surface area contributed by atoms with Gasteiger partial charge in [0.25, 0.3) is 0 Å². The lowest BCUT2D eigenvalue weighted by Crippen LogP contribution is -2.21. The summed E-state index contributed by atoms with van der Waals surface area (Å²) in [6.45, 7) is 2.09. The van der Waals surface area contributed by atoms with E-state index in [1.807, 2.05) is 31.2 Å². The van der Waals surface area contributed by atoms with Gasteiger partial charge in [-0.3, -0.25) is 0 Å². The Morgan fingerprint density at radius 3 is 2.35 bits per heavy atom. The molecule has 0 radical (unpaired) electrons. The highest BCUT2D eigenvalue weighted by atomic mass is 19.2. The highest BCUT2D eigenvalue weighted by Gasteiger charge is 2.25. The summed E-state index contributed by atoms with van der Waals surface area (Å²) in [4.78, 5) is 0. The normalized spacial score (nSPS) is 14.1. The first-order chi connectivity index (χ1) is 9.54. The van der Waals surface area contributed by atoms with Crippen molar-refractivity contribution in [3.63, 3.8) is 0 Å². The smallest absolute Gasteiger partial charge is 0.164 e. The van der Waals surface area contributed by atoms with E-state index in [1.165, 1.54) is 12.1 Å². The molecule has 2 rings (SSSR count). The number of rotatable bonds is 4. The van der Waals surface area contributed by atoms with Crippen molar-refractivity contribution in [2.45, 2.75) is 18.9 Å². The van der Waals surface area contributed by atoms with Crippen LogP contribution in [0.2, 0.25) is 0 Å². The molecule has 0 aliphatic carbocycles. The van der Waals surface area contributed by atoms with Crippen LogP contribution < -0.4 is 5.73 Å². The van der Waals surface area contributed by atoms with E-state index in [0.717, 1.165) is 17.2 Å². The zero-order chi connectivity index (χ0) is 14.7. The Hall–Kier alpha value is -1.78. The molecule has 106 valence electrons. The van der Waals surface area contributed by atoms with Crippen molar-refractivity contribution in [1.29, 1.82) is 0 Å². The molecule has 2 aromatic rings. The predicted octanol–water partition coefficient (Wildman–Crippen LogP) is 3.05. The highest BCUT2D eigenvalue weighted by molar-refractivity contribution is 5.30. The zero-order valence-electron chi connectivity index (χ0n) is 11.2. The van der Waals surface area contributed by atoms with E-state index in [2.05, 4.69) is 0 Å². The second-order valence-corrected chi connectivity index (χ2v) is 4.84. The number of hydrogen-bond acceptors (Lipinski definition) is 2. The van der Waals surface area contributed by atoms with E-state index in [9.17, 15) is 13.9 Å². The van der Waals surface area contributed by atoms with Crippen LogP contribution in [-0.2, 0) is 0 Å². The fourth-order valence-electron chi connectivity index (χ4n) is 2.23. The van der Waals surface area contributed by atoms with Gasteiger partial charge in [-0.15, -0.1) is 0 Å². The first kappa shape index (κ1) is 14.6. The number of hydrogen-bond donors (Lipinski definition) is 2. The van der Waals surface area contributed by atoms with Crippen LogP contribution in [0.3, 0.4) is 0 Å². The molecule has 0 saturated heterocycles. The molecule has 2 atom stereocenters. The van der Waals surface area contributed by atoms with E-state index in [-0.39, 0.29) is 12.1 Å². The van der Waals surface area contributed by atoms with E-state index in [4.69, 9.17) is 5.73 Å². The molecule has 0 aromatic heterocycles. The molecule has 2 aromatic carbocycles. The van der Waals surface area contributed by atoms with Gasteiger partial charge in [0, 0.05) is 18.0 Å². The molecular formula is C16H17F2NO. The van der Waals surface area contributed by atoms with Crippen LogP contribution in [0.25, 0.3) is 0 Å². The van der Waals surface area contributed by atoms with Crippen LogP contribution >= 0.6 is 0 Å². The van der Waals surface area contributed by atoms with Crippen molar-refractivity contribution in [3.05, 3.63) is 70.8 Å². The fraction of sp³-hybridized carbons (Fsp3) is 0.250. The number of aliphatic hydroxyl groups excluding tert-OH is 1. The van der Waals surface area contributed by atoms with Gasteiger partial charge < -0.3 is 10.8 Å². The van der Waals surface area contributed by atoms with Gasteiger partial charge in [0.1, 0.15) is 0 Å². The lowest BCUT2D eigenvalue weighted by molar-refractivity contribution is 0.142. The van der Waals surface area contributed by atoms with Crippen LogP contribution in [0.15, 0.2) is 42.5 Å². The van der Waals surface area contributed by atoms with Gasteiger partial charge in [-0.05, 0) is 18.6 Å². The van der Waals surface area contributed by atoms with Crippen molar-refractivity contribution in [2.24, 2.45) is 5.73 Å². The number of nitrogens with two attached hydrogens (primary N) is 1. The Balaban J connectivity index is 2.36. The summed E-state index contributed by atoms with van der Waals surface area (Å²) in [5.74, 6) is -2.47. The minimum Gasteiger partial charge on any atom is -0.388 e. The van der Waals surface area contributed by atoms with Gasteiger partial charge in [0.05, 0.1) is 6.10 Å². The fourth-order valence-corrected chi connectivity index (χ4v) is 2.23. The molecule has 0 amide bonds. The van der Waals surface area contributed by atoms with E-state index in [1.54, 1.807) is 0 Å². The second-order valence-electron chi connectivity index (χ2n) is 4.84. The van der Waals surface area contributed by atoms with Gasteiger partial charge in [-0.2, -0.15) is 0 Å². The largest absolute Gasteiger partial charge is 0.388 e. The molecule has 2 nitrogen and oxygen atoms in total. The summed E-state index contributed by atoms with van der Waals surface area (Å²) in [5, 5.41) is 10.3. The van der Waals surface area contributed by atoms with Gasteiger partial charge in [0.2, 0.25) is 0 Å². The van der Waals surface area contributed by atoms with Crippen molar-refractivity contribution < 1.29 is 13.9 Å². The van der Waals surface area contributed by atoms with Crippen LogP contribution in [0.5, 0.6) is 0 Å². The zero-order valence-corrected chi connectivity index (χ0v) is 11.2. The van der Waals surface area contributed by atoms with Gasteiger partial charge in [0.15, 0.2) is 11.6 Å². The third kappa shape index (κ3) is 2.86. The number of aliphatic hydroxyl groups is 1. The lowest BCUT2D eigenvalue weighted by atomic mass is 9.88. The molecule has 2 unspecified atom stereocenters. The van der Waals surface area contributed by atoms with Crippen LogP contribution in [0.4, 0.5) is 8.78 Å². The first-order valence-electron chi connectivity index (χ1n) is 6.43. The number of halogens is 2. The Morgan fingerprint density at radius 2 is 1.75 bits per heavy atom. The maximum absolute atomic E-state index is 13.8. The molecule has 0 bridgehead atoms. The van der Waals surface area contributed by atoms with E-state index < -0.39 is 23.7 Å². The molecule has 4 heteroatoms. The van der Waals surface area contributed by atoms with Crippen molar-refractivity contribution >= 4 is 0 Å². The second kappa shape index (κ2) is 6.11. The predicted molar refractivity (Wildman–Crippen MR) is 74.3 cm³/mol. The average molecular weight is 277 g/mol. The van der Waals surface area contributed by atoms with Crippen LogP contribution in [0, 0.1) is 18.6 Å². The summed E-state index contributed by atoms with van der Waals surface area (Å²) in [5.41, 5.74) is 7.50. The molecular weight excluding hydrogens is 260 g/mol. The van der Waals surface area contributed by atoms with E-state index in [0.29, 0.717) is 0 Å². The Labute approximate surface area is 116 Å². The topological polar surface area (TPSA) is 46.2 Å². The third-order valence-electron chi connectivity index (χ3n) is 3.44. The van der Waals surface area contributed by atoms with Crippen LogP contribution in [-0.4, -0.2) is 11.7 Å². The SMILES string of the molecule is Cc1ccc(C(CN)C(O)c2cccc(F)c2F)cc1. The molecule has 3 N–H and O–H groups in total. The Kier molecular flexibility index (Phi) is 4.47. The Bertz CT molecular complexity index is 584. The molecule has 0 aliphatic rings. The summed E-state index contributed by atoms with van der Waals surface area (Å²) < 4.78 is 27.0. The van der Waals surface area contributed by atoms with Crippen LogP contribution in [0.1, 0.15) is 28.7 Å². The summed E-state index contributed by atoms with van der Waals surface area (Å²) in [6, 6.07) is 11.2. The van der Waals surface area contributed by atoms with Crippen molar-refractivity contribution in [2.75, 3.05) is 6.54 Å². The first-order valence-corrected chi connectivity index (χ1v) is 6.43. The third-order valence-corrected chi connectivity index (χ3v) is 3.44. The number of benzene rings is 2. The maximum atomic E-state index is 13.8. The lowest BCUT2D eigenvalue weighted by Gasteiger charge is -2.23. The van der Waals surface area contributed by atoms with Crippen molar-refractivity contribution in [3.8, 4) is 0 Å². The molecule has 0 saturated carbocycles. The number of aryl methyl sites for hydroxylation is 1. The molecule has 0 heterocycles. The van der Waals surface area contributed by atoms with Gasteiger partial charge in [-0.25, -0.2) is 8.78 Å². The molecule has 20 heavy (non-hydrogen) atoms. The standard InChI is InChI=1S/C16H17F2NO/c1-10-5-7-11(8-6-10)13(9-19)16(20)12-3-2-4-14(17)15(12)18/h2-8,13,16,20H,9,19H2,1H3. The minimum atomic E-state index is -1.18. The van der Waals surface area contributed by atoms with Crippen molar-refractivity contribution in [1.82, 2.24) is 0 Å².